The van der Waals surface area contributed by atoms with Crippen LogP contribution in [-0.2, 0) is 0 Å². The Labute approximate surface area is 82.7 Å². The van der Waals surface area contributed by atoms with Crippen molar-refractivity contribution >= 4 is 0 Å². The summed E-state index contributed by atoms with van der Waals surface area (Å²) < 4.78 is 0. The lowest BCUT2D eigenvalue weighted by Gasteiger charge is -2.24. The van der Waals surface area contributed by atoms with E-state index in [1.165, 1.54) is 32.1 Å². The summed E-state index contributed by atoms with van der Waals surface area (Å²) in [4.78, 5) is 0. The van der Waals surface area contributed by atoms with Crippen LogP contribution in [0, 0.1) is 5.92 Å². The van der Waals surface area contributed by atoms with Gasteiger partial charge in [-0.25, -0.2) is 0 Å². The van der Waals surface area contributed by atoms with Crippen LogP contribution >= 0.6 is 0 Å². The number of hydrogen-bond acceptors (Lipinski definition) is 4. The number of H-pyrrole nitrogens is 1. The molecule has 5 nitrogen and oxygen atoms in total. The zero-order chi connectivity index (χ0) is 9.38. The van der Waals surface area contributed by atoms with Crippen LogP contribution in [0.3, 0.4) is 0 Å². The summed E-state index contributed by atoms with van der Waals surface area (Å²) in [6.45, 7) is 0. The van der Waals surface area contributed by atoms with Gasteiger partial charge in [-0.15, -0.1) is 10.2 Å². The molecule has 0 radical (unpaired) electrons. The molecule has 1 aliphatic carbocycles. The molecular formula is C9H15N5. The van der Waals surface area contributed by atoms with Crippen LogP contribution in [0.4, 0.5) is 0 Å². The molecule has 2 aliphatic rings. The van der Waals surface area contributed by atoms with Crippen LogP contribution in [0.25, 0.3) is 0 Å². The lowest BCUT2D eigenvalue weighted by Crippen LogP contribution is -2.30. The van der Waals surface area contributed by atoms with E-state index >= 15 is 0 Å². The zero-order valence-electron chi connectivity index (χ0n) is 8.11. The van der Waals surface area contributed by atoms with Crippen LogP contribution in [0.5, 0.6) is 0 Å². The summed E-state index contributed by atoms with van der Waals surface area (Å²) in [5.41, 5.74) is 0. The Bertz CT molecular complexity index is 282. The molecule has 14 heavy (non-hydrogen) atoms. The molecule has 2 N–H and O–H groups in total. The molecule has 3 unspecified atom stereocenters. The van der Waals surface area contributed by atoms with E-state index in [0.717, 1.165) is 11.7 Å². The third-order valence-corrected chi connectivity index (χ3v) is 3.54. The maximum absolute atomic E-state index is 4.05. The first-order valence-corrected chi connectivity index (χ1v) is 5.43. The molecule has 0 bridgehead atoms. The normalized spacial score (nSPS) is 37.0. The fourth-order valence-corrected chi connectivity index (χ4v) is 2.84. The topological polar surface area (TPSA) is 66.5 Å². The number of aromatic amines is 1. The number of rotatable bonds is 1. The van der Waals surface area contributed by atoms with E-state index in [9.17, 15) is 0 Å². The Morgan fingerprint density at radius 2 is 2.14 bits per heavy atom. The van der Waals surface area contributed by atoms with Crippen molar-refractivity contribution in [3.05, 3.63) is 5.82 Å². The van der Waals surface area contributed by atoms with Crippen LogP contribution in [0.1, 0.15) is 44.0 Å². The predicted octanol–water partition coefficient (Wildman–Crippen LogP) is 0.793. The average Bonchev–Trinajstić information content (AvgIpc) is 2.86. The summed E-state index contributed by atoms with van der Waals surface area (Å²) in [5, 5.41) is 17.8. The SMILES string of the molecule is C1CCC2NC(c3nn[nH]n3)CC2C1. The summed E-state index contributed by atoms with van der Waals surface area (Å²) in [7, 11) is 0. The van der Waals surface area contributed by atoms with Crippen molar-refractivity contribution in [3.63, 3.8) is 0 Å². The average molecular weight is 193 g/mol. The molecule has 0 spiro atoms. The van der Waals surface area contributed by atoms with Gasteiger partial charge in [0.25, 0.3) is 0 Å². The van der Waals surface area contributed by atoms with Crippen molar-refractivity contribution in [2.75, 3.05) is 0 Å². The highest BCUT2D eigenvalue weighted by molar-refractivity contribution is 5.00. The minimum Gasteiger partial charge on any atom is -0.304 e. The molecule has 5 heteroatoms. The number of hydrogen-bond donors (Lipinski definition) is 2. The smallest absolute Gasteiger partial charge is 0.191 e. The molecule has 3 rings (SSSR count). The maximum atomic E-state index is 4.05. The second kappa shape index (κ2) is 3.31. The minimum absolute atomic E-state index is 0.335. The van der Waals surface area contributed by atoms with E-state index in [2.05, 4.69) is 25.9 Å². The first-order valence-electron chi connectivity index (χ1n) is 5.43. The number of nitrogens with one attached hydrogen (secondary N) is 2. The minimum atomic E-state index is 0.335. The summed E-state index contributed by atoms with van der Waals surface area (Å²) in [6.07, 6.45) is 6.63. The standard InChI is InChI=1S/C9H15N5/c1-2-4-7-6(3-1)5-8(10-7)9-11-13-14-12-9/h6-8,10H,1-5H2,(H,11,12,13,14). The van der Waals surface area contributed by atoms with Gasteiger partial charge in [0.1, 0.15) is 0 Å². The Morgan fingerprint density at radius 3 is 2.93 bits per heavy atom. The molecule has 1 saturated heterocycles. The van der Waals surface area contributed by atoms with E-state index in [1.54, 1.807) is 0 Å². The largest absolute Gasteiger partial charge is 0.304 e. The first-order chi connectivity index (χ1) is 6.93. The fourth-order valence-electron chi connectivity index (χ4n) is 2.84. The van der Waals surface area contributed by atoms with Crippen molar-refractivity contribution in [1.29, 1.82) is 0 Å². The quantitative estimate of drug-likeness (QED) is 0.692. The zero-order valence-corrected chi connectivity index (χ0v) is 8.11. The highest BCUT2D eigenvalue weighted by Gasteiger charge is 2.37. The van der Waals surface area contributed by atoms with Gasteiger partial charge in [0.05, 0.1) is 6.04 Å². The Morgan fingerprint density at radius 1 is 1.21 bits per heavy atom. The van der Waals surface area contributed by atoms with Crippen molar-refractivity contribution in [3.8, 4) is 0 Å². The molecule has 1 aliphatic heterocycles. The Kier molecular flexibility index (Phi) is 1.97. The second-order valence-electron chi connectivity index (χ2n) is 4.38. The number of nitrogens with zero attached hydrogens (tertiary/aromatic N) is 3. The van der Waals surface area contributed by atoms with Crippen LogP contribution in [-0.4, -0.2) is 26.7 Å². The van der Waals surface area contributed by atoms with E-state index in [1.807, 2.05) is 0 Å². The van der Waals surface area contributed by atoms with Crippen molar-refractivity contribution in [2.45, 2.75) is 44.2 Å². The van der Waals surface area contributed by atoms with E-state index in [4.69, 9.17) is 0 Å². The van der Waals surface area contributed by atoms with Gasteiger partial charge in [-0.05, 0) is 25.2 Å². The lowest BCUT2D eigenvalue weighted by molar-refractivity contribution is 0.325. The summed E-state index contributed by atoms with van der Waals surface area (Å²) >= 11 is 0. The molecule has 2 fully saturated rings. The van der Waals surface area contributed by atoms with Crippen molar-refractivity contribution < 1.29 is 0 Å². The third-order valence-electron chi connectivity index (χ3n) is 3.54. The molecular weight excluding hydrogens is 178 g/mol. The fraction of sp³-hybridized carbons (Fsp3) is 0.889. The summed E-state index contributed by atoms with van der Waals surface area (Å²) in [5.74, 6) is 1.67. The Hall–Kier alpha value is -0.970. The van der Waals surface area contributed by atoms with Crippen LogP contribution in [0.15, 0.2) is 0 Å². The second-order valence-corrected chi connectivity index (χ2v) is 4.38. The summed E-state index contributed by atoms with van der Waals surface area (Å²) in [6, 6.07) is 1.04. The van der Waals surface area contributed by atoms with E-state index < -0.39 is 0 Å². The van der Waals surface area contributed by atoms with Gasteiger partial charge >= 0.3 is 0 Å². The molecule has 1 aromatic heterocycles. The maximum Gasteiger partial charge on any atom is 0.191 e. The molecule has 2 heterocycles. The van der Waals surface area contributed by atoms with Crippen molar-refractivity contribution in [2.24, 2.45) is 5.92 Å². The number of tetrazole rings is 1. The van der Waals surface area contributed by atoms with Crippen molar-refractivity contribution in [1.82, 2.24) is 25.9 Å². The van der Waals surface area contributed by atoms with E-state index in [0.29, 0.717) is 12.1 Å². The monoisotopic (exact) mass is 193 g/mol. The predicted molar refractivity (Wildman–Crippen MR) is 50.4 cm³/mol. The van der Waals surface area contributed by atoms with Gasteiger partial charge < -0.3 is 5.32 Å². The number of fused-ring (bicyclic) bond motifs is 1. The van der Waals surface area contributed by atoms with Gasteiger partial charge in [-0.2, -0.15) is 5.21 Å². The molecule has 1 saturated carbocycles. The highest BCUT2D eigenvalue weighted by atomic mass is 15.5. The van der Waals surface area contributed by atoms with Gasteiger partial charge in [0, 0.05) is 6.04 Å². The Balaban J connectivity index is 1.74. The van der Waals surface area contributed by atoms with Gasteiger partial charge in [0.15, 0.2) is 5.82 Å². The van der Waals surface area contributed by atoms with E-state index in [-0.39, 0.29) is 0 Å². The molecule has 3 atom stereocenters. The molecule has 0 aromatic carbocycles. The number of aromatic nitrogens is 4. The van der Waals surface area contributed by atoms with Crippen LogP contribution in [0.2, 0.25) is 0 Å². The lowest BCUT2D eigenvalue weighted by atomic mass is 9.85. The van der Waals surface area contributed by atoms with Gasteiger partial charge in [0.2, 0.25) is 0 Å². The highest BCUT2D eigenvalue weighted by Crippen LogP contribution is 2.37. The van der Waals surface area contributed by atoms with Gasteiger partial charge in [-0.3, -0.25) is 0 Å². The molecule has 1 aromatic rings. The third kappa shape index (κ3) is 1.32. The molecule has 76 valence electrons. The van der Waals surface area contributed by atoms with Crippen LogP contribution < -0.4 is 5.32 Å². The molecule has 0 amide bonds. The first kappa shape index (κ1) is 8.35. The van der Waals surface area contributed by atoms with Gasteiger partial charge in [-0.1, -0.05) is 18.1 Å².